The zero-order valence-electron chi connectivity index (χ0n) is 18.4. The third kappa shape index (κ3) is 5.95. The predicted molar refractivity (Wildman–Crippen MR) is 113 cm³/mol. The minimum Gasteiger partial charge on any atom is -0.464 e. The summed E-state index contributed by atoms with van der Waals surface area (Å²) in [6.07, 6.45) is 4.42. The number of hydrogen-bond donors (Lipinski definition) is 2. The van der Waals surface area contributed by atoms with E-state index in [4.69, 9.17) is 9.47 Å². The van der Waals surface area contributed by atoms with Crippen molar-refractivity contribution in [2.45, 2.75) is 50.9 Å². The minimum absolute atomic E-state index is 0.201. The number of hydrogen-bond acceptors (Lipinski definition) is 7. The first kappa shape index (κ1) is 24.2. The van der Waals surface area contributed by atoms with Gasteiger partial charge in [-0.3, -0.25) is 4.79 Å². The van der Waals surface area contributed by atoms with Crippen molar-refractivity contribution in [2.24, 2.45) is 5.92 Å². The first-order valence-corrected chi connectivity index (χ1v) is 11.2. The SMILES string of the molecule is O=C(N[C@H](CO)c1ccc(OC(F)F)c(F)c1)[C@H]1CCc2cnc(CC3CCOCC3)nc2O1. The topological polar surface area (TPSA) is 103 Å². The van der Waals surface area contributed by atoms with Crippen LogP contribution < -0.4 is 14.8 Å². The molecule has 1 aromatic carbocycles. The van der Waals surface area contributed by atoms with Gasteiger partial charge in [0, 0.05) is 31.4 Å². The fourth-order valence-corrected chi connectivity index (χ4v) is 4.10. The normalized spacial score (nSPS) is 19.3. The van der Waals surface area contributed by atoms with Crippen LogP contribution in [0.5, 0.6) is 11.6 Å². The Morgan fingerprint density at radius 2 is 2.06 bits per heavy atom. The van der Waals surface area contributed by atoms with Gasteiger partial charge in [0.2, 0.25) is 5.88 Å². The molecule has 2 aliphatic rings. The second-order valence-electron chi connectivity index (χ2n) is 8.33. The third-order valence-electron chi connectivity index (χ3n) is 5.98. The fraction of sp³-hybridized carbons (Fsp3) is 0.522. The summed E-state index contributed by atoms with van der Waals surface area (Å²) in [5, 5.41) is 12.3. The lowest BCUT2D eigenvalue weighted by Crippen LogP contribution is -2.43. The van der Waals surface area contributed by atoms with Gasteiger partial charge in [-0.2, -0.15) is 13.8 Å². The summed E-state index contributed by atoms with van der Waals surface area (Å²) in [4.78, 5) is 21.8. The van der Waals surface area contributed by atoms with Gasteiger partial charge in [-0.1, -0.05) is 6.07 Å². The zero-order chi connectivity index (χ0) is 24.1. The van der Waals surface area contributed by atoms with Crippen molar-refractivity contribution in [2.75, 3.05) is 19.8 Å². The van der Waals surface area contributed by atoms with E-state index in [-0.39, 0.29) is 5.56 Å². The molecule has 2 N–H and O–H groups in total. The Hall–Kier alpha value is -2.92. The molecule has 8 nitrogen and oxygen atoms in total. The van der Waals surface area contributed by atoms with Crippen LogP contribution in [0.4, 0.5) is 13.2 Å². The molecular formula is C23H26F3N3O5. The number of ether oxygens (including phenoxy) is 3. The third-order valence-corrected chi connectivity index (χ3v) is 5.98. The first-order chi connectivity index (χ1) is 16.4. The zero-order valence-corrected chi connectivity index (χ0v) is 18.4. The van der Waals surface area contributed by atoms with Gasteiger partial charge in [-0.05, 0) is 49.3 Å². The minimum atomic E-state index is -3.17. The number of nitrogens with zero attached hydrogens (tertiary/aromatic N) is 2. The molecule has 34 heavy (non-hydrogen) atoms. The van der Waals surface area contributed by atoms with Crippen molar-refractivity contribution >= 4 is 5.91 Å². The lowest BCUT2D eigenvalue weighted by Gasteiger charge is -2.27. The van der Waals surface area contributed by atoms with Crippen LogP contribution in [0.3, 0.4) is 0 Å². The van der Waals surface area contributed by atoms with Crippen LogP contribution in [0.2, 0.25) is 0 Å². The molecule has 0 aliphatic carbocycles. The molecule has 0 radical (unpaired) electrons. The molecule has 0 bridgehead atoms. The smallest absolute Gasteiger partial charge is 0.387 e. The summed E-state index contributed by atoms with van der Waals surface area (Å²) in [6, 6.07) is 2.30. The Balaban J connectivity index is 1.39. The molecule has 4 rings (SSSR count). The van der Waals surface area contributed by atoms with E-state index >= 15 is 0 Å². The number of alkyl halides is 2. The van der Waals surface area contributed by atoms with E-state index in [1.54, 1.807) is 6.20 Å². The van der Waals surface area contributed by atoms with Gasteiger partial charge in [0.1, 0.15) is 5.82 Å². The maximum absolute atomic E-state index is 14.1. The molecule has 11 heteroatoms. The summed E-state index contributed by atoms with van der Waals surface area (Å²) in [5.41, 5.74) is 1.02. The van der Waals surface area contributed by atoms with Crippen molar-refractivity contribution in [3.63, 3.8) is 0 Å². The predicted octanol–water partition coefficient (Wildman–Crippen LogP) is 2.73. The van der Waals surface area contributed by atoms with E-state index in [1.807, 2.05) is 0 Å². The highest BCUT2D eigenvalue weighted by atomic mass is 19.3. The number of amides is 1. The van der Waals surface area contributed by atoms with Gasteiger partial charge in [-0.25, -0.2) is 9.37 Å². The van der Waals surface area contributed by atoms with Crippen LogP contribution in [-0.2, 0) is 22.4 Å². The second kappa shape index (κ2) is 11.0. The highest BCUT2D eigenvalue weighted by Gasteiger charge is 2.30. The fourth-order valence-electron chi connectivity index (χ4n) is 4.10. The number of nitrogens with one attached hydrogen (secondary N) is 1. The second-order valence-corrected chi connectivity index (χ2v) is 8.33. The summed E-state index contributed by atoms with van der Waals surface area (Å²) in [7, 11) is 0. The van der Waals surface area contributed by atoms with Crippen molar-refractivity contribution in [1.82, 2.24) is 15.3 Å². The van der Waals surface area contributed by atoms with E-state index in [9.17, 15) is 23.1 Å². The number of carbonyl (C=O) groups is 1. The first-order valence-electron chi connectivity index (χ1n) is 11.2. The summed E-state index contributed by atoms with van der Waals surface area (Å²) in [6.45, 7) is -2.24. The van der Waals surface area contributed by atoms with Gasteiger partial charge >= 0.3 is 6.61 Å². The number of aliphatic hydroxyl groups is 1. The molecule has 2 aliphatic heterocycles. The number of aryl methyl sites for hydroxylation is 1. The molecule has 1 fully saturated rings. The van der Waals surface area contributed by atoms with Crippen molar-refractivity contribution in [3.8, 4) is 11.6 Å². The summed E-state index contributed by atoms with van der Waals surface area (Å²) in [5.74, 6) is -0.683. The van der Waals surface area contributed by atoms with Crippen LogP contribution in [0, 0.1) is 11.7 Å². The van der Waals surface area contributed by atoms with Crippen LogP contribution in [0.1, 0.15) is 42.3 Å². The Bertz CT molecular complexity index is 1000. The number of aromatic nitrogens is 2. The Morgan fingerprint density at radius 1 is 1.26 bits per heavy atom. The van der Waals surface area contributed by atoms with Crippen LogP contribution in [0.25, 0.3) is 0 Å². The highest BCUT2D eigenvalue weighted by molar-refractivity contribution is 5.81. The number of fused-ring (bicyclic) bond motifs is 1. The maximum atomic E-state index is 14.1. The van der Waals surface area contributed by atoms with Gasteiger partial charge in [0.15, 0.2) is 17.7 Å². The summed E-state index contributed by atoms with van der Waals surface area (Å²) < 4.78 is 54.1. The lowest BCUT2D eigenvalue weighted by atomic mass is 9.96. The molecule has 184 valence electrons. The molecule has 0 saturated carbocycles. The Morgan fingerprint density at radius 3 is 2.76 bits per heavy atom. The lowest BCUT2D eigenvalue weighted by molar-refractivity contribution is -0.130. The van der Waals surface area contributed by atoms with E-state index < -0.39 is 42.8 Å². The number of rotatable bonds is 8. The van der Waals surface area contributed by atoms with Crippen LogP contribution in [-0.4, -0.2) is 53.5 Å². The van der Waals surface area contributed by atoms with Crippen molar-refractivity contribution in [3.05, 3.63) is 47.2 Å². The molecule has 2 atom stereocenters. The standard InChI is InChI=1S/C23H26F3N3O5/c24-16-10-14(1-3-18(16)34-23(25)26)17(12-30)28-21(31)19-4-2-15-11-27-20(29-22(15)33-19)9-13-5-7-32-8-6-13/h1,3,10-11,13,17,19,23,30H,2,4-9,12H2,(H,28,31)/t17-,19-/m1/s1. The Labute approximate surface area is 194 Å². The number of carbonyl (C=O) groups excluding carboxylic acids is 1. The van der Waals surface area contributed by atoms with E-state index in [0.29, 0.717) is 36.9 Å². The average Bonchev–Trinajstić information content (AvgIpc) is 2.83. The monoisotopic (exact) mass is 481 g/mol. The van der Waals surface area contributed by atoms with Crippen LogP contribution >= 0.6 is 0 Å². The summed E-state index contributed by atoms with van der Waals surface area (Å²) >= 11 is 0. The maximum Gasteiger partial charge on any atom is 0.387 e. The van der Waals surface area contributed by atoms with Crippen molar-refractivity contribution < 1.29 is 37.3 Å². The molecule has 0 unspecified atom stereocenters. The molecule has 2 aromatic rings. The van der Waals surface area contributed by atoms with Gasteiger partial charge in [-0.15, -0.1) is 0 Å². The van der Waals surface area contributed by atoms with E-state index in [2.05, 4.69) is 20.0 Å². The van der Waals surface area contributed by atoms with Gasteiger partial charge in [0.05, 0.1) is 12.6 Å². The quantitative estimate of drug-likeness (QED) is 0.598. The number of benzene rings is 1. The molecule has 0 spiro atoms. The van der Waals surface area contributed by atoms with Crippen LogP contribution in [0.15, 0.2) is 24.4 Å². The molecule has 1 saturated heterocycles. The Kier molecular flexibility index (Phi) is 7.84. The van der Waals surface area contributed by atoms with E-state index in [0.717, 1.165) is 43.8 Å². The molecule has 1 aromatic heterocycles. The van der Waals surface area contributed by atoms with Crippen molar-refractivity contribution in [1.29, 1.82) is 0 Å². The number of halogens is 3. The van der Waals surface area contributed by atoms with Gasteiger partial charge in [0.25, 0.3) is 5.91 Å². The number of aliphatic hydroxyl groups excluding tert-OH is 1. The molecule has 1 amide bonds. The molecule has 3 heterocycles. The average molecular weight is 481 g/mol. The largest absolute Gasteiger partial charge is 0.464 e. The van der Waals surface area contributed by atoms with Gasteiger partial charge < -0.3 is 24.6 Å². The van der Waals surface area contributed by atoms with E-state index in [1.165, 1.54) is 6.07 Å². The highest BCUT2D eigenvalue weighted by Crippen LogP contribution is 2.28. The molecular weight excluding hydrogens is 455 g/mol.